The smallest absolute Gasteiger partial charge is 0.153 e. The van der Waals surface area contributed by atoms with E-state index in [9.17, 15) is 8.42 Å². The van der Waals surface area contributed by atoms with Gasteiger partial charge in [0.1, 0.15) is 10.8 Å². The summed E-state index contributed by atoms with van der Waals surface area (Å²) in [5, 5.41) is 2.61. The molecule has 0 bridgehead atoms. The van der Waals surface area contributed by atoms with Gasteiger partial charge in [0.15, 0.2) is 9.84 Å². The molecule has 1 heterocycles. The van der Waals surface area contributed by atoms with Crippen molar-refractivity contribution < 1.29 is 8.42 Å². The van der Waals surface area contributed by atoms with Crippen LogP contribution in [0.4, 0.5) is 0 Å². The summed E-state index contributed by atoms with van der Waals surface area (Å²) >= 11 is 1.41. The van der Waals surface area contributed by atoms with Gasteiger partial charge in [-0.3, -0.25) is 0 Å². The van der Waals surface area contributed by atoms with E-state index in [-0.39, 0.29) is 5.75 Å². The first-order valence-electron chi connectivity index (χ1n) is 4.00. The highest BCUT2D eigenvalue weighted by molar-refractivity contribution is 7.90. The lowest BCUT2D eigenvalue weighted by Gasteiger charge is -1.96. The first kappa shape index (κ1) is 10.7. The van der Waals surface area contributed by atoms with E-state index < -0.39 is 9.84 Å². The molecule has 0 saturated heterocycles. The van der Waals surface area contributed by atoms with E-state index in [0.717, 1.165) is 5.69 Å². The summed E-state index contributed by atoms with van der Waals surface area (Å²) in [6.45, 7) is 4.08. The van der Waals surface area contributed by atoms with Crippen LogP contribution in [0.3, 0.4) is 0 Å². The molecule has 0 saturated carbocycles. The predicted molar refractivity (Wildman–Crippen MR) is 54.8 cm³/mol. The van der Waals surface area contributed by atoms with Crippen LogP contribution in [-0.2, 0) is 15.6 Å². The Morgan fingerprint density at radius 3 is 2.54 bits per heavy atom. The Kier molecular flexibility index (Phi) is 3.08. The van der Waals surface area contributed by atoms with Gasteiger partial charge in [-0.25, -0.2) is 13.4 Å². The summed E-state index contributed by atoms with van der Waals surface area (Å²) in [5.74, 6) is 0.425. The maximum atomic E-state index is 10.9. The lowest BCUT2D eigenvalue weighted by molar-refractivity contribution is 0.601. The van der Waals surface area contributed by atoms with Crippen LogP contribution in [-0.4, -0.2) is 19.7 Å². The van der Waals surface area contributed by atoms with Crippen LogP contribution < -0.4 is 0 Å². The zero-order chi connectivity index (χ0) is 10.1. The minimum Gasteiger partial charge on any atom is -0.245 e. The summed E-state index contributed by atoms with van der Waals surface area (Å²) in [4.78, 5) is 4.23. The Labute approximate surface area is 82.7 Å². The Bertz CT molecular complexity index is 379. The van der Waals surface area contributed by atoms with Crippen LogP contribution >= 0.6 is 11.3 Å². The summed E-state index contributed by atoms with van der Waals surface area (Å²) in [6, 6.07) is 0. The van der Waals surface area contributed by atoms with Crippen molar-refractivity contribution in [2.24, 2.45) is 0 Å². The maximum absolute atomic E-state index is 10.9. The lowest BCUT2D eigenvalue weighted by atomic mass is 10.2. The number of sulfone groups is 1. The molecule has 3 nitrogen and oxygen atoms in total. The number of hydrogen-bond acceptors (Lipinski definition) is 4. The zero-order valence-corrected chi connectivity index (χ0v) is 9.58. The van der Waals surface area contributed by atoms with Crippen LogP contribution in [0.1, 0.15) is 30.5 Å². The van der Waals surface area contributed by atoms with Crippen molar-refractivity contribution in [2.45, 2.75) is 25.5 Å². The van der Waals surface area contributed by atoms with E-state index in [4.69, 9.17) is 0 Å². The molecule has 74 valence electrons. The molecule has 0 radical (unpaired) electrons. The van der Waals surface area contributed by atoms with Gasteiger partial charge in [0.05, 0.1) is 5.69 Å². The fraction of sp³-hybridized carbons (Fsp3) is 0.625. The van der Waals surface area contributed by atoms with Crippen molar-refractivity contribution in [3.8, 4) is 0 Å². The van der Waals surface area contributed by atoms with Crippen LogP contribution in [0.25, 0.3) is 0 Å². The minimum absolute atomic E-state index is 0.0599. The summed E-state index contributed by atoms with van der Waals surface area (Å²) in [7, 11) is -2.94. The Balaban J connectivity index is 2.81. The third-order valence-corrected chi connectivity index (χ3v) is 3.39. The fourth-order valence-corrected chi connectivity index (χ4v) is 3.05. The largest absolute Gasteiger partial charge is 0.245 e. The first-order valence-corrected chi connectivity index (χ1v) is 6.94. The molecule has 0 atom stereocenters. The van der Waals surface area contributed by atoms with E-state index in [1.165, 1.54) is 17.6 Å². The van der Waals surface area contributed by atoms with E-state index in [0.29, 0.717) is 10.9 Å². The first-order chi connectivity index (χ1) is 5.88. The molecule has 0 aromatic carbocycles. The Morgan fingerprint density at radius 1 is 1.54 bits per heavy atom. The molecule has 0 unspecified atom stereocenters. The summed E-state index contributed by atoms with van der Waals surface area (Å²) < 4.78 is 21.9. The van der Waals surface area contributed by atoms with Gasteiger partial charge in [-0.2, -0.15) is 0 Å². The maximum Gasteiger partial charge on any atom is 0.153 e. The van der Waals surface area contributed by atoms with Gasteiger partial charge in [-0.1, -0.05) is 13.8 Å². The van der Waals surface area contributed by atoms with Crippen molar-refractivity contribution >= 4 is 21.2 Å². The average Bonchev–Trinajstić information content (AvgIpc) is 2.31. The van der Waals surface area contributed by atoms with Gasteiger partial charge >= 0.3 is 0 Å². The van der Waals surface area contributed by atoms with Crippen molar-refractivity contribution in [3.63, 3.8) is 0 Å². The Hall–Kier alpha value is -0.420. The van der Waals surface area contributed by atoms with Crippen LogP contribution in [0.15, 0.2) is 5.38 Å². The molecule has 0 amide bonds. The van der Waals surface area contributed by atoms with Gasteiger partial charge in [0, 0.05) is 11.6 Å². The van der Waals surface area contributed by atoms with Gasteiger partial charge in [-0.05, 0) is 5.92 Å². The minimum atomic E-state index is -2.94. The van der Waals surface area contributed by atoms with Crippen molar-refractivity contribution in [1.29, 1.82) is 0 Å². The molecular weight excluding hydrogens is 206 g/mol. The van der Waals surface area contributed by atoms with Crippen LogP contribution in [0.5, 0.6) is 0 Å². The van der Waals surface area contributed by atoms with Crippen molar-refractivity contribution in [3.05, 3.63) is 16.1 Å². The molecule has 0 spiro atoms. The predicted octanol–water partition coefficient (Wildman–Crippen LogP) is 1.81. The number of hydrogen-bond donors (Lipinski definition) is 0. The van der Waals surface area contributed by atoms with Gasteiger partial charge in [0.2, 0.25) is 0 Å². The topological polar surface area (TPSA) is 47.0 Å². The molecule has 0 aliphatic heterocycles. The van der Waals surface area contributed by atoms with Crippen molar-refractivity contribution in [1.82, 2.24) is 4.98 Å². The normalized spacial score (nSPS) is 12.3. The highest BCUT2D eigenvalue weighted by Gasteiger charge is 2.10. The molecule has 5 heteroatoms. The molecule has 0 aliphatic carbocycles. The summed E-state index contributed by atoms with van der Waals surface area (Å²) in [5.41, 5.74) is 0.976. The third-order valence-electron chi connectivity index (χ3n) is 1.55. The molecule has 1 rings (SSSR count). The molecule has 0 aliphatic rings. The van der Waals surface area contributed by atoms with E-state index >= 15 is 0 Å². The lowest BCUT2D eigenvalue weighted by Crippen LogP contribution is -2.00. The Morgan fingerprint density at radius 2 is 2.15 bits per heavy atom. The van der Waals surface area contributed by atoms with Gasteiger partial charge in [0.25, 0.3) is 0 Å². The molecule has 0 fully saturated rings. The molecule has 0 N–H and O–H groups in total. The number of aromatic nitrogens is 1. The molecule has 13 heavy (non-hydrogen) atoms. The van der Waals surface area contributed by atoms with E-state index in [1.54, 1.807) is 0 Å². The second kappa shape index (κ2) is 3.75. The monoisotopic (exact) mass is 219 g/mol. The zero-order valence-electron chi connectivity index (χ0n) is 7.94. The second-order valence-corrected chi connectivity index (χ2v) is 6.47. The number of rotatable bonds is 3. The van der Waals surface area contributed by atoms with E-state index in [1.807, 2.05) is 19.2 Å². The standard InChI is InChI=1S/C8H13NO2S2/c1-6(2)7-4-12-8(9-7)5-13(3,10)11/h4,6H,5H2,1-3H3. The number of nitrogens with zero attached hydrogens (tertiary/aromatic N) is 1. The molecule has 1 aromatic rings. The molecular formula is C8H13NO2S2. The van der Waals surface area contributed by atoms with Gasteiger partial charge in [-0.15, -0.1) is 11.3 Å². The van der Waals surface area contributed by atoms with E-state index in [2.05, 4.69) is 4.98 Å². The fourth-order valence-electron chi connectivity index (χ4n) is 0.881. The van der Waals surface area contributed by atoms with Gasteiger partial charge < -0.3 is 0 Å². The average molecular weight is 219 g/mol. The van der Waals surface area contributed by atoms with Crippen molar-refractivity contribution in [2.75, 3.05) is 6.26 Å². The van der Waals surface area contributed by atoms with Crippen LogP contribution in [0, 0.1) is 0 Å². The molecule has 1 aromatic heterocycles. The SMILES string of the molecule is CC(C)c1csc(CS(C)(=O)=O)n1. The number of thiazole rings is 1. The summed E-state index contributed by atoms with van der Waals surface area (Å²) in [6.07, 6.45) is 1.23. The third kappa shape index (κ3) is 3.44. The second-order valence-electron chi connectivity index (χ2n) is 3.39. The van der Waals surface area contributed by atoms with Crippen LogP contribution in [0.2, 0.25) is 0 Å². The quantitative estimate of drug-likeness (QED) is 0.779. The highest BCUT2D eigenvalue weighted by Crippen LogP contribution is 2.18. The highest BCUT2D eigenvalue weighted by atomic mass is 32.2.